The number of hydrogen-bond donors (Lipinski definition) is 6. The van der Waals surface area contributed by atoms with Gasteiger partial charge in [0.1, 0.15) is 23.4 Å². The van der Waals surface area contributed by atoms with Crippen molar-refractivity contribution in [3.8, 4) is 17.2 Å². The maximum Gasteiger partial charge on any atom is 0.227 e. The molecule has 2 aliphatic carbocycles. The molecule has 1 aliphatic heterocycles. The summed E-state index contributed by atoms with van der Waals surface area (Å²) in [4.78, 5) is 12.4. The second-order valence-corrected chi connectivity index (χ2v) is 6.98. The Bertz CT molecular complexity index is 984. The molecule has 0 saturated carbocycles. The molecule has 3 aliphatic rings. The number of aromatic hydroxyl groups is 2. The lowest BCUT2D eigenvalue weighted by Gasteiger charge is -2.39. The minimum absolute atomic E-state index is 0.0239. The molecule has 146 valence electrons. The topological polar surface area (TPSA) is 148 Å². The van der Waals surface area contributed by atoms with Gasteiger partial charge in [-0.2, -0.15) is 0 Å². The molecule has 1 heterocycles. The number of fused-ring (bicyclic) bond motifs is 2. The molecular weight excluding hydrogens is 368 g/mol. The molecule has 6 N–H and O–H groups in total. The largest absolute Gasteiger partial charge is 0.508 e. The van der Waals surface area contributed by atoms with E-state index in [0.717, 1.165) is 6.07 Å². The number of phenolic OH excluding ortho intramolecular Hbond substituents is 2. The monoisotopic (exact) mass is 386 g/mol. The Balaban J connectivity index is 1.76. The molecule has 4 rings (SSSR count). The summed E-state index contributed by atoms with van der Waals surface area (Å²) in [6.45, 7) is 0. The van der Waals surface area contributed by atoms with E-state index in [0.29, 0.717) is 5.56 Å². The van der Waals surface area contributed by atoms with Gasteiger partial charge in [0.15, 0.2) is 17.3 Å². The number of ketones is 1. The number of aliphatic hydroxyl groups is 4. The molecule has 0 saturated heterocycles. The smallest absolute Gasteiger partial charge is 0.227 e. The number of phenols is 2. The summed E-state index contributed by atoms with van der Waals surface area (Å²) in [5, 5.41) is 60.5. The molecule has 2 unspecified atom stereocenters. The quantitative estimate of drug-likeness (QED) is 0.428. The van der Waals surface area contributed by atoms with Crippen LogP contribution in [0, 0.1) is 11.8 Å². The molecule has 0 amide bonds. The van der Waals surface area contributed by atoms with Gasteiger partial charge in [-0.15, -0.1) is 0 Å². The predicted octanol–water partition coefficient (Wildman–Crippen LogP) is 1.84. The second kappa shape index (κ2) is 6.35. The zero-order valence-corrected chi connectivity index (χ0v) is 14.5. The Kier molecular flexibility index (Phi) is 4.08. The van der Waals surface area contributed by atoms with Crippen LogP contribution in [0.25, 0.3) is 0 Å². The maximum atomic E-state index is 12.4. The van der Waals surface area contributed by atoms with Crippen molar-refractivity contribution in [1.82, 2.24) is 0 Å². The number of Topliss-reactive ketones (excluding diaryl/α,β-unsaturated/α-hetero) is 1. The fourth-order valence-electron chi connectivity index (χ4n) is 3.93. The van der Waals surface area contributed by atoms with Crippen LogP contribution >= 0.6 is 0 Å². The van der Waals surface area contributed by atoms with E-state index in [1.807, 2.05) is 0 Å². The van der Waals surface area contributed by atoms with Crippen LogP contribution in [0.4, 0.5) is 0 Å². The molecule has 1 aromatic carbocycles. The maximum absolute atomic E-state index is 12.4. The van der Waals surface area contributed by atoms with Crippen molar-refractivity contribution in [2.75, 3.05) is 0 Å². The summed E-state index contributed by atoms with van der Waals surface area (Å²) in [6, 6.07) is 2.44. The molecule has 28 heavy (non-hydrogen) atoms. The van der Waals surface area contributed by atoms with Crippen LogP contribution in [0.2, 0.25) is 0 Å². The highest BCUT2D eigenvalue weighted by atomic mass is 16.5. The Morgan fingerprint density at radius 3 is 2.54 bits per heavy atom. The van der Waals surface area contributed by atoms with Gasteiger partial charge in [-0.1, -0.05) is 12.2 Å². The number of hydrogen-bond acceptors (Lipinski definition) is 8. The number of benzene rings is 1. The second-order valence-electron chi connectivity index (χ2n) is 6.98. The first-order valence-electron chi connectivity index (χ1n) is 8.64. The fourth-order valence-corrected chi connectivity index (χ4v) is 3.93. The van der Waals surface area contributed by atoms with Crippen molar-refractivity contribution < 1.29 is 40.2 Å². The molecule has 1 aromatic rings. The van der Waals surface area contributed by atoms with E-state index in [4.69, 9.17) is 4.74 Å². The van der Waals surface area contributed by atoms with Crippen molar-refractivity contribution in [2.24, 2.45) is 11.8 Å². The highest BCUT2D eigenvalue weighted by Gasteiger charge is 2.45. The molecule has 4 atom stereocenters. The molecule has 0 fully saturated rings. The zero-order chi connectivity index (χ0) is 20.2. The predicted molar refractivity (Wildman–Crippen MR) is 96.1 cm³/mol. The van der Waals surface area contributed by atoms with Crippen molar-refractivity contribution in [3.63, 3.8) is 0 Å². The van der Waals surface area contributed by atoms with E-state index in [9.17, 15) is 35.4 Å². The van der Waals surface area contributed by atoms with Crippen LogP contribution in [0.15, 0.2) is 59.3 Å². The van der Waals surface area contributed by atoms with Crippen LogP contribution in [-0.2, 0) is 11.2 Å². The molecule has 0 spiro atoms. The third-order valence-corrected chi connectivity index (χ3v) is 5.25. The third-order valence-electron chi connectivity index (χ3n) is 5.25. The zero-order valence-electron chi connectivity index (χ0n) is 14.5. The Labute approximate surface area is 159 Å². The number of carbonyl (C=O) groups excluding carboxylic acids is 1. The molecule has 8 nitrogen and oxygen atoms in total. The third kappa shape index (κ3) is 2.69. The molecule has 8 heteroatoms. The summed E-state index contributed by atoms with van der Waals surface area (Å²) < 4.78 is 5.83. The fraction of sp³-hybridized carbons (Fsp3) is 0.250. The summed E-state index contributed by atoms with van der Waals surface area (Å²) >= 11 is 0. The van der Waals surface area contributed by atoms with E-state index >= 15 is 0 Å². The lowest BCUT2D eigenvalue weighted by molar-refractivity contribution is -0.115. The lowest BCUT2D eigenvalue weighted by atomic mass is 9.74. The number of carbonyl (C=O) groups is 1. The minimum atomic E-state index is -1.10. The van der Waals surface area contributed by atoms with Crippen molar-refractivity contribution in [2.45, 2.75) is 18.6 Å². The van der Waals surface area contributed by atoms with Gasteiger partial charge in [-0.05, 0) is 12.2 Å². The Morgan fingerprint density at radius 1 is 1.04 bits per heavy atom. The van der Waals surface area contributed by atoms with E-state index in [1.54, 1.807) is 6.08 Å². The number of rotatable bonds is 1. The van der Waals surface area contributed by atoms with Gasteiger partial charge in [0.25, 0.3) is 0 Å². The van der Waals surface area contributed by atoms with E-state index in [-0.39, 0.29) is 29.2 Å². The molecular formula is C20H18O8. The number of ether oxygens (including phenoxy) is 1. The van der Waals surface area contributed by atoms with Gasteiger partial charge >= 0.3 is 0 Å². The lowest BCUT2D eigenvalue weighted by Crippen LogP contribution is -2.46. The average molecular weight is 386 g/mol. The summed E-state index contributed by atoms with van der Waals surface area (Å²) in [5.41, 5.74) is 0.129. The van der Waals surface area contributed by atoms with Gasteiger partial charge in [-0.3, -0.25) is 4.79 Å². The van der Waals surface area contributed by atoms with E-state index < -0.39 is 47.1 Å². The van der Waals surface area contributed by atoms with Crippen molar-refractivity contribution in [3.05, 3.63) is 64.9 Å². The first kappa shape index (κ1) is 18.0. The van der Waals surface area contributed by atoms with Gasteiger partial charge in [-0.25, -0.2) is 0 Å². The first-order valence-corrected chi connectivity index (χ1v) is 8.64. The van der Waals surface area contributed by atoms with E-state index in [2.05, 4.69) is 0 Å². The standard InChI is InChI=1S/C20H18O8/c21-8-4-13(23)11-7-15(25)20(28-16(11)5-8)10-6-14(24)19(27)17-9(10)2-1-3-12(22)18(17)26/h1-6,9-10,15,20-25,27H,7H2/t9?,10?,15-,20-/m1/s1. The van der Waals surface area contributed by atoms with E-state index in [1.165, 1.54) is 24.3 Å². The van der Waals surface area contributed by atoms with Gasteiger partial charge in [0.2, 0.25) is 5.78 Å². The van der Waals surface area contributed by atoms with Crippen LogP contribution in [0.5, 0.6) is 17.2 Å². The van der Waals surface area contributed by atoms with Crippen LogP contribution in [0.1, 0.15) is 5.56 Å². The SMILES string of the molecule is O=C1C(O)=CC=CC2C1=C(O)C(O)=CC2[C@H]1Oc2cc(O)cc(O)c2C[C@H]1O. The van der Waals surface area contributed by atoms with Crippen LogP contribution in [0.3, 0.4) is 0 Å². The summed E-state index contributed by atoms with van der Waals surface area (Å²) in [7, 11) is 0. The first-order chi connectivity index (χ1) is 13.3. The number of aliphatic hydroxyl groups excluding tert-OH is 4. The average Bonchev–Trinajstić information content (AvgIpc) is 2.78. The van der Waals surface area contributed by atoms with Crippen molar-refractivity contribution in [1.29, 1.82) is 0 Å². The molecule has 0 radical (unpaired) electrons. The van der Waals surface area contributed by atoms with Gasteiger partial charge in [0, 0.05) is 36.0 Å². The van der Waals surface area contributed by atoms with Gasteiger partial charge in [0.05, 0.1) is 11.7 Å². The normalized spacial score (nSPS) is 29.2. The number of allylic oxidation sites excluding steroid dienone is 4. The Morgan fingerprint density at radius 2 is 1.79 bits per heavy atom. The summed E-state index contributed by atoms with van der Waals surface area (Å²) in [6.07, 6.45) is 3.43. The molecule has 0 bridgehead atoms. The Hall–Kier alpha value is -3.39. The minimum Gasteiger partial charge on any atom is -0.508 e. The van der Waals surface area contributed by atoms with Crippen LogP contribution < -0.4 is 4.74 Å². The highest BCUT2D eigenvalue weighted by Crippen LogP contribution is 2.44. The van der Waals surface area contributed by atoms with Crippen LogP contribution in [-0.4, -0.2) is 48.6 Å². The molecule has 0 aromatic heterocycles. The summed E-state index contributed by atoms with van der Waals surface area (Å²) in [5.74, 6) is -4.43. The highest BCUT2D eigenvalue weighted by molar-refractivity contribution is 6.08. The van der Waals surface area contributed by atoms with Gasteiger partial charge < -0.3 is 35.4 Å². The van der Waals surface area contributed by atoms with Crippen molar-refractivity contribution >= 4 is 5.78 Å².